The van der Waals surface area contributed by atoms with Crippen LogP contribution >= 0.6 is 0 Å². The van der Waals surface area contributed by atoms with Gasteiger partial charge < -0.3 is 14.7 Å². The van der Waals surface area contributed by atoms with Crippen LogP contribution in [0.15, 0.2) is 24.3 Å². The second-order valence-corrected chi connectivity index (χ2v) is 6.68. The maximum atomic E-state index is 12.5. The molecule has 3 atom stereocenters. The summed E-state index contributed by atoms with van der Waals surface area (Å²) >= 11 is 0. The molecule has 0 spiro atoms. The minimum atomic E-state index is -0.901. The Balaban J connectivity index is 1.88. The summed E-state index contributed by atoms with van der Waals surface area (Å²) in [7, 11) is 0. The van der Waals surface area contributed by atoms with E-state index in [1.807, 2.05) is 0 Å². The number of carbonyl (C=O) groups is 2. The third-order valence-corrected chi connectivity index (χ3v) is 5.10. The number of hydrogen-bond donors (Lipinski definition) is 1. The smallest absolute Gasteiger partial charge is 0.308 e. The lowest BCUT2D eigenvalue weighted by molar-refractivity contribution is -0.152. The average molecular weight is 342 g/mol. The normalized spacial score (nSPS) is 26.4. The molecule has 2 saturated heterocycles. The highest BCUT2D eigenvalue weighted by Crippen LogP contribution is 2.37. The van der Waals surface area contributed by atoms with Crippen LogP contribution in [0.4, 0.5) is 0 Å². The lowest BCUT2D eigenvalue weighted by atomic mass is 9.83. The predicted molar refractivity (Wildman–Crippen MR) is 89.6 cm³/mol. The van der Waals surface area contributed by atoms with Crippen molar-refractivity contribution in [1.82, 2.24) is 4.90 Å². The summed E-state index contributed by atoms with van der Waals surface area (Å²) in [6.45, 7) is 1.23. The van der Waals surface area contributed by atoms with Crippen molar-refractivity contribution in [3.63, 3.8) is 0 Å². The van der Waals surface area contributed by atoms with Crippen LogP contribution in [-0.2, 0) is 14.3 Å². The highest BCUT2D eigenvalue weighted by atomic mass is 16.5. The van der Waals surface area contributed by atoms with Gasteiger partial charge in [-0.3, -0.25) is 9.59 Å². The van der Waals surface area contributed by atoms with Crippen molar-refractivity contribution in [1.29, 1.82) is 5.26 Å². The molecule has 2 fully saturated rings. The molecule has 1 aromatic rings. The molecule has 2 heterocycles. The Morgan fingerprint density at radius 3 is 2.92 bits per heavy atom. The Morgan fingerprint density at radius 1 is 1.40 bits per heavy atom. The first-order valence-electron chi connectivity index (χ1n) is 8.74. The molecule has 132 valence electrons. The van der Waals surface area contributed by atoms with Crippen LogP contribution in [0.3, 0.4) is 0 Å². The molecule has 0 aliphatic carbocycles. The Morgan fingerprint density at radius 2 is 2.24 bits per heavy atom. The Labute approximate surface area is 147 Å². The Hall–Kier alpha value is -2.39. The number of hydrogen-bond acceptors (Lipinski definition) is 4. The molecule has 0 unspecified atom stereocenters. The zero-order chi connectivity index (χ0) is 17.8. The van der Waals surface area contributed by atoms with Gasteiger partial charge in [-0.15, -0.1) is 0 Å². The first-order chi connectivity index (χ1) is 12.1. The largest absolute Gasteiger partial charge is 0.481 e. The number of piperidine rings is 1. The molecule has 2 aliphatic rings. The van der Waals surface area contributed by atoms with E-state index in [0.717, 1.165) is 19.4 Å². The monoisotopic (exact) mass is 342 g/mol. The van der Waals surface area contributed by atoms with Gasteiger partial charge in [0.2, 0.25) is 5.91 Å². The number of nitrogens with zero attached hydrogens (tertiary/aromatic N) is 2. The summed E-state index contributed by atoms with van der Waals surface area (Å²) in [5.74, 6) is -1.58. The van der Waals surface area contributed by atoms with E-state index >= 15 is 0 Å². The second kappa shape index (κ2) is 7.66. The molecule has 0 aromatic heterocycles. The minimum Gasteiger partial charge on any atom is -0.481 e. The summed E-state index contributed by atoms with van der Waals surface area (Å²) in [4.78, 5) is 26.0. The van der Waals surface area contributed by atoms with E-state index in [1.165, 1.54) is 0 Å². The van der Waals surface area contributed by atoms with Crippen LogP contribution in [0.1, 0.15) is 49.3 Å². The van der Waals surface area contributed by atoms with Gasteiger partial charge in [-0.25, -0.2) is 0 Å². The molecule has 25 heavy (non-hydrogen) atoms. The van der Waals surface area contributed by atoms with Crippen LogP contribution in [0.5, 0.6) is 0 Å². The SMILES string of the molecule is N#Cc1cccc([C@@H]2[C@H](C(=O)O)CCC(=O)N2CC[C@H]2CCCO2)c1. The second-order valence-electron chi connectivity index (χ2n) is 6.68. The van der Waals surface area contributed by atoms with Crippen LogP contribution in [0, 0.1) is 17.2 Å². The van der Waals surface area contributed by atoms with E-state index < -0.39 is 17.9 Å². The molecular weight excluding hydrogens is 320 g/mol. The maximum Gasteiger partial charge on any atom is 0.308 e. The number of benzene rings is 1. The molecule has 1 amide bonds. The van der Waals surface area contributed by atoms with Crippen LogP contribution in [0.2, 0.25) is 0 Å². The topological polar surface area (TPSA) is 90.6 Å². The van der Waals surface area contributed by atoms with E-state index in [2.05, 4.69) is 6.07 Å². The van der Waals surface area contributed by atoms with Crippen molar-refractivity contribution in [2.75, 3.05) is 13.2 Å². The summed E-state index contributed by atoms with van der Waals surface area (Å²) in [6.07, 6.45) is 3.45. The van der Waals surface area contributed by atoms with Gasteiger partial charge in [0.1, 0.15) is 0 Å². The number of carboxylic acid groups (broad SMARTS) is 1. The number of carbonyl (C=O) groups excluding carboxylic acids is 1. The van der Waals surface area contributed by atoms with E-state index in [9.17, 15) is 14.7 Å². The minimum absolute atomic E-state index is 0.0251. The van der Waals surface area contributed by atoms with E-state index in [0.29, 0.717) is 30.5 Å². The summed E-state index contributed by atoms with van der Waals surface area (Å²) < 4.78 is 5.63. The van der Waals surface area contributed by atoms with Gasteiger partial charge >= 0.3 is 5.97 Å². The van der Waals surface area contributed by atoms with E-state index in [1.54, 1.807) is 29.2 Å². The van der Waals surface area contributed by atoms with Crippen molar-refractivity contribution < 1.29 is 19.4 Å². The third kappa shape index (κ3) is 3.83. The molecule has 2 aliphatic heterocycles. The zero-order valence-corrected chi connectivity index (χ0v) is 14.1. The number of aliphatic carboxylic acids is 1. The van der Waals surface area contributed by atoms with Gasteiger partial charge in [0, 0.05) is 19.6 Å². The molecule has 0 saturated carbocycles. The van der Waals surface area contributed by atoms with E-state index in [-0.39, 0.29) is 18.4 Å². The van der Waals surface area contributed by atoms with Gasteiger partial charge in [0.15, 0.2) is 0 Å². The third-order valence-electron chi connectivity index (χ3n) is 5.10. The predicted octanol–water partition coefficient (Wildman–Crippen LogP) is 2.49. The standard InChI is InChI=1S/C19H22N2O4/c20-12-13-3-1-4-14(11-13)18-16(19(23)24)6-7-17(22)21(18)9-8-15-5-2-10-25-15/h1,3-4,11,15-16,18H,2,5-10H2,(H,23,24)/t15-,16-,18-/m1/s1. The van der Waals surface area contributed by atoms with Crippen LogP contribution < -0.4 is 0 Å². The number of carboxylic acids is 1. The summed E-state index contributed by atoms with van der Waals surface area (Å²) in [5.41, 5.74) is 1.19. The van der Waals surface area contributed by atoms with Crippen LogP contribution in [-0.4, -0.2) is 41.1 Å². The fourth-order valence-electron chi connectivity index (χ4n) is 3.83. The van der Waals surface area contributed by atoms with Gasteiger partial charge in [-0.05, 0) is 43.4 Å². The van der Waals surface area contributed by atoms with Gasteiger partial charge in [0.05, 0.1) is 29.7 Å². The number of nitriles is 1. The lowest BCUT2D eigenvalue weighted by Gasteiger charge is -2.40. The highest BCUT2D eigenvalue weighted by Gasteiger charge is 2.40. The number of likely N-dealkylation sites (tertiary alicyclic amines) is 1. The summed E-state index contributed by atoms with van der Waals surface area (Å²) in [5, 5.41) is 18.8. The molecule has 3 rings (SSSR count). The molecule has 0 bridgehead atoms. The van der Waals surface area contributed by atoms with Crippen molar-refractivity contribution >= 4 is 11.9 Å². The van der Waals surface area contributed by atoms with E-state index in [4.69, 9.17) is 10.00 Å². The molecule has 1 aromatic carbocycles. The van der Waals surface area contributed by atoms with Gasteiger partial charge in [0.25, 0.3) is 0 Å². The van der Waals surface area contributed by atoms with Crippen molar-refractivity contribution in [2.45, 2.75) is 44.2 Å². The quantitative estimate of drug-likeness (QED) is 0.888. The molecule has 1 N–H and O–H groups in total. The van der Waals surface area contributed by atoms with Crippen LogP contribution in [0.25, 0.3) is 0 Å². The number of ether oxygens (including phenoxy) is 1. The molecule has 6 nitrogen and oxygen atoms in total. The average Bonchev–Trinajstić information content (AvgIpc) is 3.13. The fraction of sp³-hybridized carbons (Fsp3) is 0.526. The summed E-state index contributed by atoms with van der Waals surface area (Å²) in [6, 6.07) is 8.47. The first kappa shape index (κ1) is 17.4. The zero-order valence-electron chi connectivity index (χ0n) is 14.1. The number of rotatable bonds is 5. The van der Waals surface area contributed by atoms with Gasteiger partial charge in [-0.1, -0.05) is 12.1 Å². The first-order valence-corrected chi connectivity index (χ1v) is 8.74. The molecular formula is C19H22N2O4. The molecule has 6 heteroatoms. The Kier molecular flexibility index (Phi) is 5.34. The van der Waals surface area contributed by atoms with Crippen molar-refractivity contribution in [2.24, 2.45) is 5.92 Å². The lowest BCUT2D eigenvalue weighted by Crippen LogP contribution is -2.46. The maximum absolute atomic E-state index is 12.5. The Bertz CT molecular complexity index is 691. The fourth-order valence-corrected chi connectivity index (χ4v) is 3.83. The highest BCUT2D eigenvalue weighted by molar-refractivity contribution is 5.81. The molecule has 0 radical (unpaired) electrons. The van der Waals surface area contributed by atoms with Gasteiger partial charge in [-0.2, -0.15) is 5.26 Å². The number of amides is 1. The van der Waals surface area contributed by atoms with Crippen molar-refractivity contribution in [3.05, 3.63) is 35.4 Å². The van der Waals surface area contributed by atoms with Crippen molar-refractivity contribution in [3.8, 4) is 6.07 Å².